The van der Waals surface area contributed by atoms with Gasteiger partial charge >= 0.3 is 0 Å². The third-order valence-corrected chi connectivity index (χ3v) is 6.74. The summed E-state index contributed by atoms with van der Waals surface area (Å²) >= 11 is 8.59. The lowest BCUT2D eigenvalue weighted by Gasteiger charge is -2.42. The first-order chi connectivity index (χ1) is 9.97. The van der Waals surface area contributed by atoms with Gasteiger partial charge in [-0.05, 0) is 58.9 Å². The van der Waals surface area contributed by atoms with E-state index < -0.39 is 0 Å². The fraction of sp³-hybridized carbons (Fsp3) is 0.579. The average Bonchev–Trinajstić information content (AvgIpc) is 2.81. The molecule has 3 unspecified atom stereocenters. The molecule has 0 bridgehead atoms. The van der Waals surface area contributed by atoms with Gasteiger partial charge in [0.15, 0.2) is 0 Å². The topological polar surface area (TPSA) is 0 Å². The molecule has 1 saturated carbocycles. The maximum Gasteiger partial charge on any atom is 0.0372 e. The lowest BCUT2D eigenvalue weighted by atomic mass is 9.66. The molecule has 1 aromatic carbocycles. The lowest BCUT2D eigenvalue weighted by Crippen LogP contribution is -2.37. The number of hydrogen-bond acceptors (Lipinski definition) is 1. The van der Waals surface area contributed by atoms with Crippen LogP contribution in [0.4, 0.5) is 0 Å². The van der Waals surface area contributed by atoms with Gasteiger partial charge in [0.25, 0.3) is 0 Å². The summed E-state index contributed by atoms with van der Waals surface area (Å²) in [6.07, 6.45) is 4.94. The molecular formula is C19H25ClS. The van der Waals surface area contributed by atoms with E-state index in [2.05, 4.69) is 50.4 Å². The molecule has 0 N–H and O–H groups in total. The Morgan fingerprint density at radius 1 is 1.24 bits per heavy atom. The van der Waals surface area contributed by atoms with E-state index in [0.717, 1.165) is 12.3 Å². The number of fused-ring (bicyclic) bond motifs is 1. The third-order valence-electron chi connectivity index (χ3n) is 5.25. The van der Waals surface area contributed by atoms with E-state index in [0.29, 0.717) is 11.3 Å². The van der Waals surface area contributed by atoms with E-state index in [4.69, 9.17) is 11.6 Å². The first kappa shape index (κ1) is 15.4. The zero-order chi connectivity index (χ0) is 15.0. The van der Waals surface area contributed by atoms with Gasteiger partial charge in [0.1, 0.15) is 0 Å². The van der Waals surface area contributed by atoms with Crippen LogP contribution in [0.3, 0.4) is 0 Å². The van der Waals surface area contributed by atoms with Crippen LogP contribution >= 0.6 is 22.9 Å². The highest BCUT2D eigenvalue weighted by atomic mass is 35.5. The van der Waals surface area contributed by atoms with Crippen molar-refractivity contribution < 1.29 is 0 Å². The Hall–Kier alpha value is -0.530. The van der Waals surface area contributed by atoms with E-state index in [9.17, 15) is 0 Å². The van der Waals surface area contributed by atoms with Crippen molar-refractivity contribution in [2.45, 2.75) is 51.8 Å². The Labute approximate surface area is 137 Å². The summed E-state index contributed by atoms with van der Waals surface area (Å²) < 4.78 is 1.41. The summed E-state index contributed by atoms with van der Waals surface area (Å²) in [4.78, 5) is 0. The molecule has 0 radical (unpaired) electrons. The molecule has 0 spiro atoms. The zero-order valence-electron chi connectivity index (χ0n) is 13.2. The standard InChI is InChI=1S/C19H25ClS/c1-13-8-9-16(17(20)10-13)19(2,3)11-14-12-21-18-7-5-4-6-15(14)18/h4-7,12-13,16-17H,8-11H2,1-3H3. The van der Waals surface area contributed by atoms with Crippen molar-refractivity contribution in [3.8, 4) is 0 Å². The fourth-order valence-corrected chi connectivity index (χ4v) is 5.72. The van der Waals surface area contributed by atoms with Gasteiger partial charge in [0.05, 0.1) is 0 Å². The summed E-state index contributed by atoms with van der Waals surface area (Å²) in [5.41, 5.74) is 1.78. The molecule has 1 aliphatic carbocycles. The summed E-state index contributed by atoms with van der Waals surface area (Å²) in [5, 5.41) is 4.13. The van der Waals surface area contributed by atoms with Crippen molar-refractivity contribution in [2.24, 2.45) is 17.3 Å². The molecule has 114 valence electrons. The van der Waals surface area contributed by atoms with Gasteiger partial charge in [-0.25, -0.2) is 0 Å². The summed E-state index contributed by atoms with van der Waals surface area (Å²) in [6.45, 7) is 7.16. The van der Waals surface area contributed by atoms with E-state index in [1.807, 2.05) is 11.3 Å². The minimum atomic E-state index is 0.274. The van der Waals surface area contributed by atoms with Crippen LogP contribution in [0.15, 0.2) is 29.6 Å². The Balaban J connectivity index is 1.82. The van der Waals surface area contributed by atoms with Crippen LogP contribution < -0.4 is 0 Å². The minimum Gasteiger partial charge on any atom is -0.144 e. The number of thiophene rings is 1. The van der Waals surface area contributed by atoms with Crippen molar-refractivity contribution in [1.29, 1.82) is 0 Å². The highest BCUT2D eigenvalue weighted by Gasteiger charge is 2.38. The fourth-order valence-electron chi connectivity index (χ4n) is 3.98. The Kier molecular flexibility index (Phi) is 4.34. The molecule has 3 atom stereocenters. The maximum absolute atomic E-state index is 6.72. The number of hydrogen-bond donors (Lipinski definition) is 0. The van der Waals surface area contributed by atoms with Gasteiger partial charge in [-0.3, -0.25) is 0 Å². The molecular weight excluding hydrogens is 296 g/mol. The van der Waals surface area contributed by atoms with Crippen molar-refractivity contribution in [1.82, 2.24) is 0 Å². The van der Waals surface area contributed by atoms with Crippen LogP contribution in [0.5, 0.6) is 0 Å². The molecule has 1 aromatic heterocycles. The molecule has 0 saturated heterocycles. The lowest BCUT2D eigenvalue weighted by molar-refractivity contribution is 0.142. The van der Waals surface area contributed by atoms with Crippen LogP contribution in [0.25, 0.3) is 10.1 Å². The predicted molar refractivity (Wildman–Crippen MR) is 95.5 cm³/mol. The van der Waals surface area contributed by atoms with Crippen LogP contribution in [-0.4, -0.2) is 5.38 Å². The van der Waals surface area contributed by atoms with Crippen LogP contribution in [0.1, 0.15) is 45.6 Å². The smallest absolute Gasteiger partial charge is 0.0372 e. The summed E-state index contributed by atoms with van der Waals surface area (Å²) in [7, 11) is 0. The second kappa shape index (κ2) is 5.93. The second-order valence-corrected chi connectivity index (χ2v) is 8.93. The van der Waals surface area contributed by atoms with Gasteiger partial charge < -0.3 is 0 Å². The Morgan fingerprint density at radius 2 is 2.00 bits per heavy atom. The SMILES string of the molecule is CC1CCC(C(C)(C)Cc2csc3ccccc23)C(Cl)C1. The Morgan fingerprint density at radius 3 is 2.76 bits per heavy atom. The van der Waals surface area contributed by atoms with Gasteiger partial charge in [-0.1, -0.05) is 45.4 Å². The predicted octanol–water partition coefficient (Wildman–Crippen LogP) is 6.51. The number of rotatable bonds is 3. The third kappa shape index (κ3) is 3.14. The molecule has 0 amide bonds. The van der Waals surface area contributed by atoms with Gasteiger partial charge in [-0.2, -0.15) is 0 Å². The molecule has 1 aliphatic rings. The highest BCUT2D eigenvalue weighted by Crippen LogP contribution is 2.45. The summed E-state index contributed by atoms with van der Waals surface area (Å²) in [5.74, 6) is 1.43. The van der Waals surface area contributed by atoms with Crippen molar-refractivity contribution >= 4 is 33.0 Å². The van der Waals surface area contributed by atoms with E-state index >= 15 is 0 Å². The molecule has 0 aliphatic heterocycles. The maximum atomic E-state index is 6.72. The van der Waals surface area contributed by atoms with Crippen LogP contribution in [0, 0.1) is 17.3 Å². The molecule has 2 aromatic rings. The van der Waals surface area contributed by atoms with E-state index in [1.54, 1.807) is 0 Å². The van der Waals surface area contributed by atoms with Gasteiger partial charge in [0.2, 0.25) is 0 Å². The zero-order valence-corrected chi connectivity index (χ0v) is 14.8. The monoisotopic (exact) mass is 320 g/mol. The normalized spacial score (nSPS) is 27.1. The molecule has 2 heteroatoms. The van der Waals surface area contributed by atoms with Crippen molar-refractivity contribution in [3.63, 3.8) is 0 Å². The molecule has 0 nitrogen and oxygen atoms in total. The first-order valence-corrected chi connectivity index (χ1v) is 9.38. The van der Waals surface area contributed by atoms with Crippen LogP contribution in [0.2, 0.25) is 0 Å². The second-order valence-electron chi connectivity index (χ2n) is 7.46. The van der Waals surface area contributed by atoms with Gasteiger partial charge in [0, 0.05) is 10.1 Å². The van der Waals surface area contributed by atoms with E-state index in [1.165, 1.54) is 34.9 Å². The van der Waals surface area contributed by atoms with E-state index in [-0.39, 0.29) is 5.41 Å². The molecule has 1 fully saturated rings. The van der Waals surface area contributed by atoms with Crippen molar-refractivity contribution in [2.75, 3.05) is 0 Å². The van der Waals surface area contributed by atoms with Gasteiger partial charge in [-0.15, -0.1) is 22.9 Å². The first-order valence-electron chi connectivity index (χ1n) is 8.06. The molecule has 1 heterocycles. The highest BCUT2D eigenvalue weighted by molar-refractivity contribution is 7.17. The molecule has 21 heavy (non-hydrogen) atoms. The number of benzene rings is 1. The Bertz CT molecular complexity index is 613. The minimum absolute atomic E-state index is 0.274. The largest absolute Gasteiger partial charge is 0.144 e. The quantitative estimate of drug-likeness (QED) is 0.565. The van der Waals surface area contributed by atoms with Crippen molar-refractivity contribution in [3.05, 3.63) is 35.2 Å². The number of halogens is 1. The summed E-state index contributed by atoms with van der Waals surface area (Å²) in [6, 6.07) is 8.77. The molecule has 3 rings (SSSR count). The van der Waals surface area contributed by atoms with Crippen LogP contribution in [-0.2, 0) is 6.42 Å². The average molecular weight is 321 g/mol. The number of alkyl halides is 1.